The van der Waals surface area contributed by atoms with E-state index in [0.717, 1.165) is 5.56 Å². The molecule has 0 aliphatic rings. The molecule has 0 saturated heterocycles. The number of rotatable bonds is 8. The lowest BCUT2D eigenvalue weighted by Crippen LogP contribution is -2.34. The average molecular weight is 409 g/mol. The molecule has 1 N–H and O–H groups in total. The second-order valence-corrected chi connectivity index (χ2v) is 7.60. The van der Waals surface area contributed by atoms with E-state index in [0.29, 0.717) is 34.9 Å². The number of aromatic nitrogens is 2. The first-order chi connectivity index (χ1) is 14.4. The number of carbonyl (C=O) groups is 1. The van der Waals surface area contributed by atoms with Gasteiger partial charge in [0.15, 0.2) is 11.5 Å². The highest BCUT2D eigenvalue weighted by atomic mass is 16.5. The van der Waals surface area contributed by atoms with Crippen molar-refractivity contribution in [2.75, 3.05) is 13.7 Å². The van der Waals surface area contributed by atoms with Crippen molar-refractivity contribution in [3.8, 4) is 11.5 Å². The maximum Gasteiger partial charge on any atom is 0.261 e. The normalized spacial score (nSPS) is 12.0. The van der Waals surface area contributed by atoms with Gasteiger partial charge in [0.2, 0.25) is 5.91 Å². The van der Waals surface area contributed by atoms with Crippen LogP contribution in [0, 0.1) is 5.92 Å². The van der Waals surface area contributed by atoms with E-state index in [9.17, 15) is 9.59 Å². The Bertz CT molecular complexity index is 1090. The number of methoxy groups -OCH3 is 1. The van der Waals surface area contributed by atoms with Gasteiger partial charge in [-0.1, -0.05) is 32.0 Å². The van der Waals surface area contributed by atoms with E-state index < -0.39 is 0 Å². The van der Waals surface area contributed by atoms with Crippen LogP contribution in [0.1, 0.15) is 32.4 Å². The summed E-state index contributed by atoms with van der Waals surface area (Å²) in [6.45, 7) is 6.52. The van der Waals surface area contributed by atoms with E-state index in [1.165, 1.54) is 10.9 Å². The Labute approximate surface area is 175 Å². The van der Waals surface area contributed by atoms with Gasteiger partial charge in [0.05, 0.1) is 37.0 Å². The van der Waals surface area contributed by atoms with Gasteiger partial charge in [-0.05, 0) is 42.7 Å². The maximum atomic E-state index is 12.6. The third-order valence-corrected chi connectivity index (χ3v) is 4.68. The molecule has 7 nitrogen and oxygen atoms in total. The zero-order chi connectivity index (χ0) is 21.7. The Hall–Kier alpha value is -3.35. The van der Waals surface area contributed by atoms with Gasteiger partial charge in [-0.25, -0.2) is 4.98 Å². The minimum atomic E-state index is -0.277. The second-order valence-electron chi connectivity index (χ2n) is 7.60. The molecule has 3 aromatic rings. The van der Waals surface area contributed by atoms with E-state index in [1.54, 1.807) is 25.3 Å². The molecular weight excluding hydrogens is 382 g/mol. The summed E-state index contributed by atoms with van der Waals surface area (Å²) < 4.78 is 12.5. The minimum absolute atomic E-state index is 0.103. The molecular formula is C23H27N3O4. The number of hydrogen-bond donors (Lipinski definition) is 1. The van der Waals surface area contributed by atoms with Crippen LogP contribution in [-0.2, 0) is 11.3 Å². The summed E-state index contributed by atoms with van der Waals surface area (Å²) in [6, 6.07) is 12.4. The van der Waals surface area contributed by atoms with E-state index >= 15 is 0 Å². The highest BCUT2D eigenvalue weighted by molar-refractivity contribution is 5.79. The number of para-hydroxylation sites is 1. The second kappa shape index (κ2) is 9.43. The fraction of sp³-hybridized carbons (Fsp3) is 0.348. The van der Waals surface area contributed by atoms with Gasteiger partial charge in [-0.2, -0.15) is 0 Å². The summed E-state index contributed by atoms with van der Waals surface area (Å²) in [5.41, 5.74) is 1.25. The van der Waals surface area contributed by atoms with Crippen LogP contribution in [0.25, 0.3) is 10.9 Å². The monoisotopic (exact) mass is 409 g/mol. The zero-order valence-corrected chi connectivity index (χ0v) is 17.7. The van der Waals surface area contributed by atoms with Crippen LogP contribution in [0.15, 0.2) is 53.6 Å². The number of carbonyl (C=O) groups excluding carboxylic acids is 1. The van der Waals surface area contributed by atoms with Gasteiger partial charge >= 0.3 is 0 Å². The van der Waals surface area contributed by atoms with E-state index in [4.69, 9.17) is 9.47 Å². The standard InChI is InChI=1S/C23H27N3O4/c1-15(2)13-30-20-10-9-17(11-21(20)29-4)16(3)25-22(27)12-26-14-24-19-8-6-5-7-18(19)23(26)28/h5-11,14-16H,12-13H2,1-4H3,(H,25,27). The van der Waals surface area contributed by atoms with Crippen molar-refractivity contribution in [2.45, 2.75) is 33.4 Å². The van der Waals surface area contributed by atoms with Gasteiger partial charge in [0.1, 0.15) is 6.54 Å². The number of fused-ring (bicyclic) bond motifs is 1. The number of ether oxygens (including phenoxy) is 2. The third-order valence-electron chi connectivity index (χ3n) is 4.68. The Morgan fingerprint density at radius 3 is 2.63 bits per heavy atom. The molecule has 30 heavy (non-hydrogen) atoms. The van der Waals surface area contributed by atoms with Crippen LogP contribution in [0.5, 0.6) is 11.5 Å². The van der Waals surface area contributed by atoms with Crippen LogP contribution in [0.2, 0.25) is 0 Å². The highest BCUT2D eigenvalue weighted by Crippen LogP contribution is 2.30. The van der Waals surface area contributed by atoms with Crippen LogP contribution >= 0.6 is 0 Å². The highest BCUT2D eigenvalue weighted by Gasteiger charge is 2.15. The number of amides is 1. The first-order valence-electron chi connectivity index (χ1n) is 9.93. The third kappa shape index (κ3) is 4.97. The average Bonchev–Trinajstić information content (AvgIpc) is 2.74. The fourth-order valence-electron chi connectivity index (χ4n) is 3.07. The molecule has 0 fully saturated rings. The quantitative estimate of drug-likeness (QED) is 0.617. The summed E-state index contributed by atoms with van der Waals surface area (Å²) in [7, 11) is 1.59. The summed E-state index contributed by atoms with van der Waals surface area (Å²) in [5, 5.41) is 3.41. The largest absolute Gasteiger partial charge is 0.493 e. The van der Waals surface area contributed by atoms with Gasteiger partial charge in [0.25, 0.3) is 5.56 Å². The molecule has 1 amide bonds. The van der Waals surface area contributed by atoms with Crippen molar-refractivity contribution in [2.24, 2.45) is 5.92 Å². The molecule has 1 atom stereocenters. The minimum Gasteiger partial charge on any atom is -0.493 e. The predicted octanol–water partition coefficient (Wildman–Crippen LogP) is 3.32. The molecule has 0 saturated carbocycles. The molecule has 7 heteroatoms. The Kier molecular flexibility index (Phi) is 6.72. The van der Waals surface area contributed by atoms with Crippen molar-refractivity contribution in [3.05, 3.63) is 64.7 Å². The first kappa shape index (κ1) is 21.4. The fourth-order valence-corrected chi connectivity index (χ4v) is 3.07. The maximum absolute atomic E-state index is 12.6. The van der Waals surface area contributed by atoms with Gasteiger partial charge in [0, 0.05) is 0 Å². The number of benzene rings is 2. The van der Waals surface area contributed by atoms with Crippen LogP contribution in [0.3, 0.4) is 0 Å². The lowest BCUT2D eigenvalue weighted by atomic mass is 10.1. The van der Waals surface area contributed by atoms with Gasteiger partial charge in [-0.3, -0.25) is 14.2 Å². The molecule has 158 valence electrons. The summed E-state index contributed by atoms with van der Waals surface area (Å²) in [6.07, 6.45) is 1.40. The molecule has 1 aromatic heterocycles. The molecule has 0 spiro atoms. The molecule has 0 aliphatic carbocycles. The van der Waals surface area contributed by atoms with E-state index in [1.807, 2.05) is 31.2 Å². The summed E-state index contributed by atoms with van der Waals surface area (Å²) in [4.78, 5) is 29.3. The van der Waals surface area contributed by atoms with Gasteiger partial charge < -0.3 is 14.8 Å². The van der Waals surface area contributed by atoms with Crippen molar-refractivity contribution in [1.29, 1.82) is 0 Å². The molecule has 0 radical (unpaired) electrons. The zero-order valence-electron chi connectivity index (χ0n) is 17.7. The SMILES string of the molecule is COc1cc(C(C)NC(=O)Cn2cnc3ccccc3c2=O)ccc1OCC(C)C. The molecule has 1 heterocycles. The van der Waals surface area contributed by atoms with Gasteiger partial charge in [-0.15, -0.1) is 0 Å². The number of nitrogens with one attached hydrogen (secondary N) is 1. The Morgan fingerprint density at radius 2 is 1.90 bits per heavy atom. The number of nitrogens with zero attached hydrogens (tertiary/aromatic N) is 2. The van der Waals surface area contributed by atoms with E-state index in [-0.39, 0.29) is 24.1 Å². The molecule has 2 aromatic carbocycles. The van der Waals surface area contributed by atoms with Crippen molar-refractivity contribution >= 4 is 16.8 Å². The molecule has 0 bridgehead atoms. The smallest absolute Gasteiger partial charge is 0.261 e. The lowest BCUT2D eigenvalue weighted by molar-refractivity contribution is -0.122. The molecule has 3 rings (SSSR count). The van der Waals surface area contributed by atoms with Crippen LogP contribution in [0.4, 0.5) is 0 Å². The van der Waals surface area contributed by atoms with Crippen LogP contribution < -0.4 is 20.3 Å². The number of hydrogen-bond acceptors (Lipinski definition) is 5. The van der Waals surface area contributed by atoms with E-state index in [2.05, 4.69) is 24.1 Å². The molecule has 0 aliphatic heterocycles. The topological polar surface area (TPSA) is 82.5 Å². The Balaban J connectivity index is 1.70. The lowest BCUT2D eigenvalue weighted by Gasteiger charge is -2.18. The van der Waals surface area contributed by atoms with Crippen molar-refractivity contribution in [1.82, 2.24) is 14.9 Å². The first-order valence-corrected chi connectivity index (χ1v) is 9.93. The molecule has 1 unspecified atom stereocenters. The Morgan fingerprint density at radius 1 is 1.13 bits per heavy atom. The van der Waals surface area contributed by atoms with Crippen molar-refractivity contribution in [3.63, 3.8) is 0 Å². The van der Waals surface area contributed by atoms with Crippen LogP contribution in [-0.4, -0.2) is 29.2 Å². The predicted molar refractivity (Wildman–Crippen MR) is 116 cm³/mol. The summed E-state index contributed by atoms with van der Waals surface area (Å²) in [5.74, 6) is 1.41. The summed E-state index contributed by atoms with van der Waals surface area (Å²) >= 11 is 0. The van der Waals surface area contributed by atoms with Crippen molar-refractivity contribution < 1.29 is 14.3 Å².